The fraction of sp³-hybridized carbons (Fsp3) is 0.263. The molecule has 1 saturated carbocycles. The van der Waals surface area contributed by atoms with Crippen molar-refractivity contribution in [2.75, 3.05) is 12.4 Å². The molecule has 0 heterocycles. The Balaban J connectivity index is 1.65. The molecular weight excluding hydrogens is 359 g/mol. The maximum absolute atomic E-state index is 12.6. The molecule has 4 nitrogen and oxygen atoms in total. The Labute approximate surface area is 156 Å². The minimum Gasteiger partial charge on any atom is -0.337 e. The summed E-state index contributed by atoms with van der Waals surface area (Å²) in [7, 11) is 1.71. The number of halogens is 2. The Morgan fingerprint density at radius 3 is 2.44 bits per heavy atom. The van der Waals surface area contributed by atoms with Crippen LogP contribution in [-0.2, 0) is 11.3 Å². The zero-order chi connectivity index (χ0) is 18.0. The molecule has 0 aromatic heterocycles. The molecule has 3 rings (SSSR count). The van der Waals surface area contributed by atoms with Crippen molar-refractivity contribution in [3.8, 4) is 0 Å². The molecule has 6 heteroatoms. The van der Waals surface area contributed by atoms with Gasteiger partial charge in [0.15, 0.2) is 0 Å². The van der Waals surface area contributed by atoms with Crippen molar-refractivity contribution in [1.82, 2.24) is 4.90 Å². The van der Waals surface area contributed by atoms with Crippen molar-refractivity contribution in [3.63, 3.8) is 0 Å². The Hall–Kier alpha value is -2.04. The molecule has 0 saturated heterocycles. The molecule has 0 atom stereocenters. The lowest BCUT2D eigenvalue weighted by molar-refractivity contribution is -0.117. The summed E-state index contributed by atoms with van der Waals surface area (Å²) < 4.78 is 0. The molecule has 2 aromatic rings. The lowest BCUT2D eigenvalue weighted by Crippen LogP contribution is -2.26. The molecule has 130 valence electrons. The van der Waals surface area contributed by atoms with E-state index < -0.39 is 0 Å². The van der Waals surface area contributed by atoms with Crippen molar-refractivity contribution in [1.29, 1.82) is 0 Å². The first-order valence-corrected chi connectivity index (χ1v) is 8.80. The van der Waals surface area contributed by atoms with Crippen molar-refractivity contribution < 1.29 is 9.59 Å². The van der Waals surface area contributed by atoms with Gasteiger partial charge in [-0.1, -0.05) is 35.3 Å². The Kier molecular flexibility index (Phi) is 5.30. The third-order valence-corrected chi connectivity index (χ3v) is 4.99. The van der Waals surface area contributed by atoms with Crippen molar-refractivity contribution >= 4 is 40.7 Å². The lowest BCUT2D eigenvalue weighted by Gasteiger charge is -2.18. The first kappa shape index (κ1) is 17.8. The highest BCUT2D eigenvalue weighted by Gasteiger charge is 2.29. The summed E-state index contributed by atoms with van der Waals surface area (Å²) in [6.45, 7) is 0.360. The van der Waals surface area contributed by atoms with Crippen LogP contribution < -0.4 is 5.32 Å². The van der Waals surface area contributed by atoms with E-state index in [2.05, 4.69) is 5.32 Å². The van der Waals surface area contributed by atoms with Gasteiger partial charge >= 0.3 is 0 Å². The molecule has 0 radical (unpaired) electrons. The van der Waals surface area contributed by atoms with E-state index in [-0.39, 0.29) is 17.7 Å². The maximum atomic E-state index is 12.6. The molecule has 0 aliphatic heterocycles. The summed E-state index contributed by atoms with van der Waals surface area (Å²) in [4.78, 5) is 25.9. The fourth-order valence-electron chi connectivity index (χ4n) is 2.50. The second-order valence-corrected chi connectivity index (χ2v) is 7.00. The van der Waals surface area contributed by atoms with Gasteiger partial charge in [0.1, 0.15) is 0 Å². The first-order valence-electron chi connectivity index (χ1n) is 8.05. The average Bonchev–Trinajstić information content (AvgIpc) is 3.44. The van der Waals surface area contributed by atoms with Crippen LogP contribution >= 0.6 is 23.2 Å². The quantitative estimate of drug-likeness (QED) is 0.827. The van der Waals surface area contributed by atoms with Crippen LogP contribution in [0.5, 0.6) is 0 Å². The number of hydrogen-bond acceptors (Lipinski definition) is 2. The molecule has 0 spiro atoms. The number of amides is 2. The highest BCUT2D eigenvalue weighted by Crippen LogP contribution is 2.30. The van der Waals surface area contributed by atoms with E-state index in [9.17, 15) is 9.59 Å². The van der Waals surface area contributed by atoms with Gasteiger partial charge in [0.05, 0.1) is 10.0 Å². The first-order chi connectivity index (χ1) is 12.0. The van der Waals surface area contributed by atoms with Gasteiger partial charge in [0.2, 0.25) is 5.91 Å². The van der Waals surface area contributed by atoms with Crippen LogP contribution in [0.15, 0.2) is 42.5 Å². The van der Waals surface area contributed by atoms with Crippen LogP contribution in [0.4, 0.5) is 5.69 Å². The summed E-state index contributed by atoms with van der Waals surface area (Å²) in [5.41, 5.74) is 2.04. The predicted octanol–water partition coefficient (Wildman–Crippen LogP) is 4.61. The zero-order valence-corrected chi connectivity index (χ0v) is 15.3. The Morgan fingerprint density at radius 2 is 1.80 bits per heavy atom. The van der Waals surface area contributed by atoms with Gasteiger partial charge in [-0.2, -0.15) is 0 Å². The van der Waals surface area contributed by atoms with Crippen LogP contribution in [-0.4, -0.2) is 23.8 Å². The predicted molar refractivity (Wildman–Crippen MR) is 100 cm³/mol. The SMILES string of the molecule is CN(Cc1cccc(Cl)c1Cl)C(=O)c1ccc(NC(=O)C2CC2)cc1. The molecule has 2 aromatic carbocycles. The van der Waals surface area contributed by atoms with E-state index in [1.54, 1.807) is 48.3 Å². The zero-order valence-electron chi connectivity index (χ0n) is 13.8. The average molecular weight is 377 g/mol. The number of nitrogens with one attached hydrogen (secondary N) is 1. The van der Waals surface area contributed by atoms with Crippen molar-refractivity contribution in [2.24, 2.45) is 5.92 Å². The number of carbonyl (C=O) groups excluding carboxylic acids is 2. The minimum absolute atomic E-state index is 0.0480. The molecule has 0 bridgehead atoms. The van der Waals surface area contributed by atoms with E-state index in [0.29, 0.717) is 27.8 Å². The molecule has 1 aliphatic rings. The summed E-state index contributed by atoms with van der Waals surface area (Å²) in [5, 5.41) is 3.79. The van der Waals surface area contributed by atoms with E-state index >= 15 is 0 Å². The fourth-order valence-corrected chi connectivity index (χ4v) is 2.88. The van der Waals surface area contributed by atoms with Crippen LogP contribution in [0.3, 0.4) is 0 Å². The van der Waals surface area contributed by atoms with Gasteiger partial charge in [0, 0.05) is 30.8 Å². The number of hydrogen-bond donors (Lipinski definition) is 1. The van der Waals surface area contributed by atoms with E-state index in [0.717, 1.165) is 18.4 Å². The normalized spacial score (nSPS) is 13.4. The molecule has 1 fully saturated rings. The number of benzene rings is 2. The Bertz CT molecular complexity index is 802. The van der Waals surface area contributed by atoms with E-state index in [1.807, 2.05) is 6.07 Å². The summed E-state index contributed by atoms with van der Waals surface area (Å²) in [6.07, 6.45) is 1.92. The molecule has 2 amide bonds. The van der Waals surface area contributed by atoms with E-state index in [4.69, 9.17) is 23.2 Å². The van der Waals surface area contributed by atoms with Crippen LogP contribution in [0.25, 0.3) is 0 Å². The number of anilines is 1. The summed E-state index contributed by atoms with van der Waals surface area (Å²) in [6, 6.07) is 12.3. The second-order valence-electron chi connectivity index (χ2n) is 6.22. The molecule has 25 heavy (non-hydrogen) atoms. The standard InChI is InChI=1S/C19H18Cl2N2O2/c1-23(11-14-3-2-4-16(20)17(14)21)19(25)13-7-9-15(10-8-13)22-18(24)12-5-6-12/h2-4,7-10,12H,5-6,11H2,1H3,(H,22,24). The largest absolute Gasteiger partial charge is 0.337 e. The lowest BCUT2D eigenvalue weighted by atomic mass is 10.1. The molecule has 1 N–H and O–H groups in total. The van der Waals surface area contributed by atoms with Crippen molar-refractivity contribution in [3.05, 3.63) is 63.6 Å². The smallest absolute Gasteiger partial charge is 0.253 e. The highest BCUT2D eigenvalue weighted by atomic mass is 35.5. The topological polar surface area (TPSA) is 49.4 Å². The molecule has 1 aliphatic carbocycles. The summed E-state index contributed by atoms with van der Waals surface area (Å²) >= 11 is 12.2. The van der Waals surface area contributed by atoms with Gasteiger partial charge in [-0.25, -0.2) is 0 Å². The number of nitrogens with zero attached hydrogens (tertiary/aromatic N) is 1. The van der Waals surface area contributed by atoms with Crippen LogP contribution in [0.1, 0.15) is 28.8 Å². The minimum atomic E-state index is -0.129. The van der Waals surface area contributed by atoms with Gasteiger partial charge in [0.25, 0.3) is 5.91 Å². The maximum Gasteiger partial charge on any atom is 0.253 e. The Morgan fingerprint density at radius 1 is 1.12 bits per heavy atom. The van der Waals surface area contributed by atoms with E-state index in [1.165, 1.54) is 0 Å². The molecule has 0 unspecified atom stereocenters. The van der Waals surface area contributed by atoms with Crippen molar-refractivity contribution in [2.45, 2.75) is 19.4 Å². The highest BCUT2D eigenvalue weighted by molar-refractivity contribution is 6.42. The van der Waals surface area contributed by atoms with Crippen LogP contribution in [0, 0.1) is 5.92 Å². The van der Waals surface area contributed by atoms with Gasteiger partial charge < -0.3 is 10.2 Å². The van der Waals surface area contributed by atoms with Gasteiger partial charge in [-0.3, -0.25) is 9.59 Å². The number of carbonyl (C=O) groups is 2. The second kappa shape index (κ2) is 7.46. The monoisotopic (exact) mass is 376 g/mol. The summed E-state index contributed by atoms with van der Waals surface area (Å²) in [5.74, 6) is 0.0674. The number of rotatable bonds is 5. The third-order valence-electron chi connectivity index (χ3n) is 4.13. The molecular formula is C19H18Cl2N2O2. The van der Waals surface area contributed by atoms with Crippen LogP contribution in [0.2, 0.25) is 10.0 Å². The van der Waals surface area contributed by atoms with Gasteiger partial charge in [-0.15, -0.1) is 0 Å². The third kappa shape index (κ3) is 4.33. The van der Waals surface area contributed by atoms with Gasteiger partial charge in [-0.05, 0) is 48.7 Å².